The van der Waals surface area contributed by atoms with Crippen molar-refractivity contribution in [2.45, 2.75) is 206 Å². The van der Waals surface area contributed by atoms with E-state index in [-0.39, 0.29) is 19.1 Å². The summed E-state index contributed by atoms with van der Waals surface area (Å²) in [4.78, 5) is 25.2. The van der Waals surface area contributed by atoms with E-state index in [0.717, 1.165) is 38.5 Å². The standard InChI is InChI=1S/C43H85N2O6P/c1-6-8-10-12-14-16-18-19-20-21-22-23-24-25-27-29-31-33-35-37-43(47)44-41(40-51-52(48,49)50-39-38-45(3,4)5)42(46)36-34-32-30-28-26-17-15-13-11-9-7-2/h26,28,34,36,41-42,46H,6-25,27,29-33,35,37-40H2,1-5H3,(H-,44,47,48,49)/b28-26+,36-34+/t41-,42+/m0/s1. The highest BCUT2D eigenvalue weighted by Crippen LogP contribution is 2.38. The van der Waals surface area contributed by atoms with Crippen molar-refractivity contribution in [1.29, 1.82) is 0 Å². The minimum Gasteiger partial charge on any atom is -0.756 e. The topological polar surface area (TPSA) is 108 Å². The zero-order valence-corrected chi connectivity index (χ0v) is 35.7. The molecule has 0 aromatic carbocycles. The monoisotopic (exact) mass is 757 g/mol. The van der Waals surface area contributed by atoms with Crippen LogP contribution in [-0.4, -0.2) is 68.5 Å². The van der Waals surface area contributed by atoms with Gasteiger partial charge in [0.2, 0.25) is 5.91 Å². The van der Waals surface area contributed by atoms with Gasteiger partial charge in [0.15, 0.2) is 0 Å². The van der Waals surface area contributed by atoms with Crippen molar-refractivity contribution in [2.24, 2.45) is 0 Å². The van der Waals surface area contributed by atoms with E-state index in [1.54, 1.807) is 6.08 Å². The third kappa shape index (κ3) is 37.3. The zero-order valence-electron chi connectivity index (χ0n) is 34.8. The Bertz CT molecular complexity index is 907. The molecule has 0 spiro atoms. The summed E-state index contributed by atoms with van der Waals surface area (Å²) in [5, 5.41) is 13.7. The molecule has 9 heteroatoms. The maximum absolute atomic E-state index is 12.8. The number of allylic oxidation sites excluding steroid dienone is 3. The van der Waals surface area contributed by atoms with Gasteiger partial charge in [-0.25, -0.2) is 0 Å². The van der Waals surface area contributed by atoms with Gasteiger partial charge in [0, 0.05) is 6.42 Å². The van der Waals surface area contributed by atoms with Gasteiger partial charge >= 0.3 is 0 Å². The van der Waals surface area contributed by atoms with E-state index in [9.17, 15) is 19.4 Å². The highest BCUT2D eigenvalue weighted by atomic mass is 31.2. The lowest BCUT2D eigenvalue weighted by atomic mass is 10.0. The molecule has 1 unspecified atom stereocenters. The normalized spacial score (nSPS) is 14.7. The molecule has 0 saturated heterocycles. The molecule has 0 aliphatic rings. The zero-order chi connectivity index (χ0) is 38.6. The van der Waals surface area contributed by atoms with Crippen molar-refractivity contribution < 1.29 is 32.9 Å². The van der Waals surface area contributed by atoms with Gasteiger partial charge in [0.25, 0.3) is 7.82 Å². The number of phosphoric ester groups is 1. The second-order valence-corrected chi connectivity index (χ2v) is 17.5. The van der Waals surface area contributed by atoms with Crippen molar-refractivity contribution in [3.8, 4) is 0 Å². The average Bonchev–Trinajstić information content (AvgIpc) is 3.09. The molecule has 3 atom stereocenters. The summed E-state index contributed by atoms with van der Waals surface area (Å²) >= 11 is 0. The minimum atomic E-state index is -4.59. The molecule has 0 fully saturated rings. The summed E-state index contributed by atoms with van der Waals surface area (Å²) in [6.45, 7) is 4.60. The Balaban J connectivity index is 4.36. The Kier molecular flexibility index (Phi) is 35.0. The molecule has 8 nitrogen and oxygen atoms in total. The van der Waals surface area contributed by atoms with Gasteiger partial charge in [-0.2, -0.15) is 0 Å². The fourth-order valence-corrected chi connectivity index (χ4v) is 6.89. The number of hydrogen-bond acceptors (Lipinski definition) is 6. The molecule has 2 N–H and O–H groups in total. The number of unbranched alkanes of at least 4 members (excludes halogenated alkanes) is 24. The number of carbonyl (C=O) groups excluding carboxylic acids is 1. The van der Waals surface area contributed by atoms with E-state index in [2.05, 4.69) is 31.3 Å². The van der Waals surface area contributed by atoms with Crippen LogP contribution < -0.4 is 10.2 Å². The highest BCUT2D eigenvalue weighted by Gasteiger charge is 2.23. The summed E-state index contributed by atoms with van der Waals surface area (Å²) in [7, 11) is 1.25. The number of rotatable bonds is 39. The van der Waals surface area contributed by atoms with Crippen LogP contribution in [0.1, 0.15) is 194 Å². The number of amides is 1. The van der Waals surface area contributed by atoms with Crippen molar-refractivity contribution in [3.63, 3.8) is 0 Å². The maximum Gasteiger partial charge on any atom is 0.268 e. The number of aliphatic hydroxyl groups excluding tert-OH is 1. The first-order valence-electron chi connectivity index (χ1n) is 21.7. The Morgan fingerprint density at radius 1 is 0.654 bits per heavy atom. The molecule has 0 aliphatic carbocycles. The molecule has 0 rings (SSSR count). The van der Waals surface area contributed by atoms with Gasteiger partial charge in [-0.3, -0.25) is 9.36 Å². The molecule has 1 amide bonds. The van der Waals surface area contributed by atoms with Crippen molar-refractivity contribution >= 4 is 13.7 Å². The quantitative estimate of drug-likeness (QED) is 0.0280. The molecule has 52 heavy (non-hydrogen) atoms. The second-order valence-electron chi connectivity index (χ2n) is 16.0. The molecule has 0 heterocycles. The first-order valence-corrected chi connectivity index (χ1v) is 23.2. The Morgan fingerprint density at radius 3 is 1.56 bits per heavy atom. The SMILES string of the molecule is CCCCCCC/C=C/CC/C=C/[C@@H](O)[C@H](COP(=O)([O-])OCC[N+](C)(C)C)NC(=O)CCCCCCCCCCCCCCCCCCCCC. The number of aliphatic hydroxyl groups is 1. The van der Waals surface area contributed by atoms with E-state index < -0.39 is 20.0 Å². The van der Waals surface area contributed by atoms with Crippen LogP contribution >= 0.6 is 7.82 Å². The second kappa shape index (κ2) is 35.7. The number of likely N-dealkylation sites (N-methyl/N-ethyl adjacent to an activating group) is 1. The summed E-state index contributed by atoms with van der Waals surface area (Å²) in [5.41, 5.74) is 0. The molecule has 0 radical (unpaired) electrons. The molecule has 308 valence electrons. The fraction of sp³-hybridized carbons (Fsp3) is 0.884. The number of phosphoric acid groups is 1. The third-order valence-electron chi connectivity index (χ3n) is 9.66. The van der Waals surface area contributed by atoms with Crippen LogP contribution in [0.4, 0.5) is 0 Å². The van der Waals surface area contributed by atoms with Crippen LogP contribution in [0.3, 0.4) is 0 Å². The van der Waals surface area contributed by atoms with E-state index in [0.29, 0.717) is 17.4 Å². The number of nitrogens with one attached hydrogen (secondary N) is 1. The fourth-order valence-electron chi connectivity index (χ4n) is 6.17. The lowest BCUT2D eigenvalue weighted by molar-refractivity contribution is -0.870. The predicted molar refractivity (Wildman–Crippen MR) is 219 cm³/mol. The Labute approximate surface area is 322 Å². The number of hydrogen-bond donors (Lipinski definition) is 2. The van der Waals surface area contributed by atoms with Crippen LogP contribution in [0.2, 0.25) is 0 Å². The lowest BCUT2D eigenvalue weighted by Gasteiger charge is -2.29. The van der Waals surface area contributed by atoms with Crippen LogP contribution in [0.15, 0.2) is 24.3 Å². The molecule has 0 aliphatic heterocycles. The third-order valence-corrected chi connectivity index (χ3v) is 10.6. The van der Waals surface area contributed by atoms with Crippen LogP contribution in [-0.2, 0) is 18.4 Å². The number of carbonyl (C=O) groups is 1. The lowest BCUT2D eigenvalue weighted by Crippen LogP contribution is -2.45. The summed E-state index contributed by atoms with van der Waals surface area (Å²) in [5.74, 6) is -0.207. The van der Waals surface area contributed by atoms with E-state index >= 15 is 0 Å². The van der Waals surface area contributed by atoms with Crippen LogP contribution in [0.25, 0.3) is 0 Å². The van der Waals surface area contributed by atoms with E-state index in [1.807, 2.05) is 27.2 Å². The number of quaternary nitrogens is 1. The number of nitrogens with zero attached hydrogens (tertiary/aromatic N) is 1. The van der Waals surface area contributed by atoms with Gasteiger partial charge in [-0.05, 0) is 32.1 Å². The largest absolute Gasteiger partial charge is 0.756 e. The predicted octanol–water partition coefficient (Wildman–Crippen LogP) is 11.1. The Morgan fingerprint density at radius 2 is 1.08 bits per heavy atom. The van der Waals surface area contributed by atoms with E-state index in [4.69, 9.17) is 9.05 Å². The summed E-state index contributed by atoms with van der Waals surface area (Å²) < 4.78 is 23.1. The Hall–Kier alpha value is -1.02. The van der Waals surface area contributed by atoms with Gasteiger partial charge < -0.3 is 28.8 Å². The van der Waals surface area contributed by atoms with Crippen molar-refractivity contribution in [3.05, 3.63) is 24.3 Å². The van der Waals surface area contributed by atoms with Gasteiger partial charge in [0.05, 0.1) is 39.9 Å². The first-order chi connectivity index (χ1) is 25.0. The van der Waals surface area contributed by atoms with Crippen LogP contribution in [0, 0.1) is 0 Å². The van der Waals surface area contributed by atoms with Gasteiger partial charge in [-0.15, -0.1) is 0 Å². The van der Waals surface area contributed by atoms with Gasteiger partial charge in [-0.1, -0.05) is 179 Å². The van der Waals surface area contributed by atoms with Crippen LogP contribution in [0.5, 0.6) is 0 Å². The minimum absolute atomic E-state index is 0.00455. The highest BCUT2D eigenvalue weighted by molar-refractivity contribution is 7.45. The van der Waals surface area contributed by atoms with Crippen molar-refractivity contribution in [1.82, 2.24) is 5.32 Å². The molecule has 0 aromatic heterocycles. The molecule has 0 aromatic rings. The van der Waals surface area contributed by atoms with Crippen molar-refractivity contribution in [2.75, 3.05) is 40.9 Å². The average molecular weight is 757 g/mol. The van der Waals surface area contributed by atoms with E-state index in [1.165, 1.54) is 135 Å². The summed E-state index contributed by atoms with van der Waals surface area (Å²) in [6, 6.07) is -0.896. The molecule has 0 bridgehead atoms. The smallest absolute Gasteiger partial charge is 0.268 e. The molecule has 0 saturated carbocycles. The first kappa shape index (κ1) is 51.0. The molecular formula is C43H85N2O6P. The maximum atomic E-state index is 12.8. The summed E-state index contributed by atoms with van der Waals surface area (Å²) in [6.07, 6.45) is 40.9. The molecular weight excluding hydrogens is 671 g/mol. The van der Waals surface area contributed by atoms with Gasteiger partial charge in [0.1, 0.15) is 13.2 Å².